The van der Waals surface area contributed by atoms with E-state index in [4.69, 9.17) is 9.15 Å². The molecule has 2 saturated heterocycles. The van der Waals surface area contributed by atoms with E-state index in [1.807, 2.05) is 16.9 Å². The van der Waals surface area contributed by atoms with Crippen molar-refractivity contribution in [3.05, 3.63) is 59.4 Å². The largest absolute Gasteiger partial charge is 0.497 e. The lowest BCUT2D eigenvalue weighted by Crippen LogP contribution is -2.49. The Hall–Kier alpha value is -4.59. The smallest absolute Gasteiger partial charge is 0.326 e. The van der Waals surface area contributed by atoms with E-state index in [1.54, 1.807) is 43.3 Å². The van der Waals surface area contributed by atoms with Crippen molar-refractivity contribution in [2.24, 2.45) is 0 Å². The van der Waals surface area contributed by atoms with Crippen LogP contribution in [0.1, 0.15) is 34.1 Å². The van der Waals surface area contributed by atoms with Crippen LogP contribution < -0.4 is 24.4 Å². The van der Waals surface area contributed by atoms with Crippen LogP contribution in [0.3, 0.4) is 0 Å². The van der Waals surface area contributed by atoms with Gasteiger partial charge in [0.2, 0.25) is 5.91 Å². The molecule has 4 heterocycles. The molecule has 0 bridgehead atoms. The van der Waals surface area contributed by atoms with Crippen molar-refractivity contribution >= 4 is 50.6 Å². The van der Waals surface area contributed by atoms with Crippen LogP contribution in [-0.2, 0) is 26.3 Å². The SMILES string of the molecule is COc1ccc2c(c1)C(=O)N(C)C2.O=C1CCN(c2ccc3oc(C4NC(=O)NC4=O)cc3c2)S(=O)(=O)N1. The molecule has 1 atom stereocenters. The molecule has 6 rings (SSSR count). The summed E-state index contributed by atoms with van der Waals surface area (Å²) in [6.07, 6.45) is 0.0577. The minimum Gasteiger partial charge on any atom is -0.497 e. The van der Waals surface area contributed by atoms with Crippen LogP contribution in [0.2, 0.25) is 0 Å². The summed E-state index contributed by atoms with van der Waals surface area (Å²) < 4.78 is 37.8. The molecule has 3 aliphatic heterocycles. The Kier molecular flexibility index (Phi) is 6.18. The number of imide groups is 1. The number of fused-ring (bicyclic) bond motifs is 2. The molecular formula is C24H23N5O8S. The number of benzene rings is 2. The van der Waals surface area contributed by atoms with E-state index in [9.17, 15) is 27.6 Å². The number of hydrogen-bond acceptors (Lipinski definition) is 8. The summed E-state index contributed by atoms with van der Waals surface area (Å²) in [5, 5.41) is 5.10. The summed E-state index contributed by atoms with van der Waals surface area (Å²) in [4.78, 5) is 47.4. The highest BCUT2D eigenvalue weighted by Crippen LogP contribution is 2.30. The fourth-order valence-corrected chi connectivity index (χ4v) is 5.58. The highest BCUT2D eigenvalue weighted by molar-refractivity contribution is 7.91. The Morgan fingerprint density at radius 2 is 1.84 bits per heavy atom. The van der Waals surface area contributed by atoms with E-state index in [0.29, 0.717) is 23.2 Å². The van der Waals surface area contributed by atoms with Crippen LogP contribution >= 0.6 is 0 Å². The number of anilines is 1. The molecule has 2 fully saturated rings. The highest BCUT2D eigenvalue weighted by atomic mass is 32.2. The molecule has 14 heteroatoms. The fourth-order valence-electron chi connectivity index (χ4n) is 4.36. The average molecular weight is 542 g/mol. The van der Waals surface area contributed by atoms with Gasteiger partial charge in [0, 0.05) is 37.5 Å². The minimum absolute atomic E-state index is 0.0332. The number of nitrogens with zero attached hydrogens (tertiary/aromatic N) is 2. The van der Waals surface area contributed by atoms with E-state index >= 15 is 0 Å². The zero-order chi connectivity index (χ0) is 27.2. The normalized spacial score (nSPS) is 19.9. The second-order valence-electron chi connectivity index (χ2n) is 8.80. The molecule has 5 amide bonds. The molecule has 3 N–H and O–H groups in total. The third-order valence-electron chi connectivity index (χ3n) is 6.24. The number of hydrogen-bond donors (Lipinski definition) is 3. The zero-order valence-electron chi connectivity index (χ0n) is 20.3. The Balaban J connectivity index is 0.000000190. The number of nitrogens with one attached hydrogen (secondary N) is 3. The molecule has 0 spiro atoms. The highest BCUT2D eigenvalue weighted by Gasteiger charge is 2.34. The van der Waals surface area contributed by atoms with Gasteiger partial charge in [-0.2, -0.15) is 8.42 Å². The minimum atomic E-state index is -3.94. The lowest BCUT2D eigenvalue weighted by molar-refractivity contribution is -0.121. The quantitative estimate of drug-likeness (QED) is 0.415. The van der Waals surface area contributed by atoms with Crippen molar-refractivity contribution in [1.82, 2.24) is 20.3 Å². The Labute approximate surface area is 216 Å². The van der Waals surface area contributed by atoms with Crippen molar-refractivity contribution < 1.29 is 36.7 Å². The summed E-state index contributed by atoms with van der Waals surface area (Å²) in [6.45, 7) is 0.740. The van der Waals surface area contributed by atoms with Gasteiger partial charge in [0.15, 0.2) is 6.04 Å². The molecule has 2 aromatic carbocycles. The van der Waals surface area contributed by atoms with Crippen LogP contribution in [0, 0.1) is 0 Å². The Morgan fingerprint density at radius 1 is 1.05 bits per heavy atom. The summed E-state index contributed by atoms with van der Waals surface area (Å²) >= 11 is 0. The van der Waals surface area contributed by atoms with Gasteiger partial charge in [-0.15, -0.1) is 0 Å². The molecule has 13 nitrogen and oxygen atoms in total. The van der Waals surface area contributed by atoms with E-state index in [0.717, 1.165) is 21.2 Å². The van der Waals surface area contributed by atoms with Gasteiger partial charge < -0.3 is 19.4 Å². The molecule has 3 aliphatic rings. The van der Waals surface area contributed by atoms with Crippen molar-refractivity contribution in [2.75, 3.05) is 25.0 Å². The van der Waals surface area contributed by atoms with Crippen molar-refractivity contribution in [2.45, 2.75) is 19.0 Å². The first-order valence-electron chi connectivity index (χ1n) is 11.5. The summed E-state index contributed by atoms with van der Waals surface area (Å²) in [5.74, 6) is -0.0156. The molecule has 198 valence electrons. The monoisotopic (exact) mass is 541 g/mol. The van der Waals surface area contributed by atoms with E-state index < -0.39 is 34.1 Å². The number of rotatable bonds is 3. The van der Waals surface area contributed by atoms with Gasteiger partial charge in [0.25, 0.3) is 11.8 Å². The molecule has 1 unspecified atom stereocenters. The summed E-state index contributed by atoms with van der Waals surface area (Å²) in [6, 6.07) is 10.3. The number of urea groups is 1. The van der Waals surface area contributed by atoms with Crippen LogP contribution in [0.4, 0.5) is 10.5 Å². The van der Waals surface area contributed by atoms with Gasteiger partial charge in [-0.05, 0) is 42.0 Å². The maximum absolute atomic E-state index is 12.1. The first-order valence-corrected chi connectivity index (χ1v) is 12.9. The van der Waals surface area contributed by atoms with E-state index in [2.05, 4.69) is 10.6 Å². The molecule has 0 aliphatic carbocycles. The molecule has 0 saturated carbocycles. The maximum Gasteiger partial charge on any atom is 0.326 e. The van der Waals surface area contributed by atoms with Crippen molar-refractivity contribution in [1.29, 1.82) is 0 Å². The third-order valence-corrected chi connectivity index (χ3v) is 7.70. The van der Waals surface area contributed by atoms with Gasteiger partial charge >= 0.3 is 16.2 Å². The standard InChI is InChI=1S/C14H12N4O6S.C10H11NO2/c19-11-3-4-18(25(22,23)17-11)8-1-2-9-7(5-8)6-10(24-9)12-13(20)16-14(21)15-12;1-11-6-7-3-4-8(13-2)5-9(7)10(11)12/h1-2,5-6,12H,3-4H2,(H,17,19)(H2,15,16,20,21);3-5H,6H2,1-2H3. The predicted octanol–water partition coefficient (Wildman–Crippen LogP) is 1.17. The third kappa shape index (κ3) is 4.61. The number of carbonyl (C=O) groups excluding carboxylic acids is 4. The Bertz CT molecular complexity index is 1600. The fraction of sp³-hybridized carbons (Fsp3) is 0.250. The van der Waals surface area contributed by atoms with Crippen molar-refractivity contribution in [3.63, 3.8) is 0 Å². The topological polar surface area (TPSA) is 167 Å². The van der Waals surface area contributed by atoms with Gasteiger partial charge in [-0.3, -0.25) is 24.0 Å². The lowest BCUT2D eigenvalue weighted by atomic mass is 10.1. The van der Waals surface area contributed by atoms with E-state index in [-0.39, 0.29) is 24.6 Å². The van der Waals surface area contributed by atoms with Crippen LogP contribution in [-0.4, -0.2) is 57.8 Å². The van der Waals surface area contributed by atoms with Crippen molar-refractivity contribution in [3.8, 4) is 5.75 Å². The zero-order valence-corrected chi connectivity index (χ0v) is 21.1. The second-order valence-corrected chi connectivity index (χ2v) is 10.4. The number of ether oxygens (including phenoxy) is 1. The summed E-state index contributed by atoms with van der Waals surface area (Å²) in [5.41, 5.74) is 2.64. The van der Waals surface area contributed by atoms with Crippen LogP contribution in [0.5, 0.6) is 5.75 Å². The number of amides is 5. The van der Waals surface area contributed by atoms with E-state index in [1.165, 1.54) is 6.07 Å². The number of furan rings is 1. The molecule has 0 radical (unpaired) electrons. The number of carbonyl (C=O) groups is 4. The molecule has 38 heavy (non-hydrogen) atoms. The van der Waals surface area contributed by atoms with Gasteiger partial charge in [0.1, 0.15) is 17.1 Å². The second kappa shape index (κ2) is 9.37. The Morgan fingerprint density at radius 3 is 2.53 bits per heavy atom. The first kappa shape index (κ1) is 25.1. The van der Waals surface area contributed by atoms with Gasteiger partial charge in [-0.1, -0.05) is 6.07 Å². The summed E-state index contributed by atoms with van der Waals surface area (Å²) in [7, 11) is -0.535. The maximum atomic E-state index is 12.1. The van der Waals surface area contributed by atoms with Crippen LogP contribution in [0.15, 0.2) is 46.9 Å². The molecule has 3 aromatic rings. The number of methoxy groups -OCH3 is 1. The molecular weight excluding hydrogens is 518 g/mol. The predicted molar refractivity (Wildman–Crippen MR) is 133 cm³/mol. The van der Waals surface area contributed by atoms with Gasteiger partial charge in [0.05, 0.1) is 12.8 Å². The van der Waals surface area contributed by atoms with Crippen LogP contribution in [0.25, 0.3) is 11.0 Å². The lowest BCUT2D eigenvalue weighted by Gasteiger charge is -2.28. The average Bonchev–Trinajstić information content (AvgIpc) is 3.52. The first-order chi connectivity index (χ1) is 18.1. The van der Waals surface area contributed by atoms with Gasteiger partial charge in [-0.25, -0.2) is 9.52 Å². The molecule has 1 aromatic heterocycles.